The molecule has 1 aromatic carbocycles. The lowest BCUT2D eigenvalue weighted by atomic mass is 10.1. The molecule has 0 saturated carbocycles. The summed E-state index contributed by atoms with van der Waals surface area (Å²) in [6.07, 6.45) is -0.219. The van der Waals surface area contributed by atoms with Gasteiger partial charge in [-0.05, 0) is 66.4 Å². The number of benzene rings is 1. The molecule has 2 rings (SSSR count). The Morgan fingerprint density at radius 2 is 1.72 bits per heavy atom. The van der Waals surface area contributed by atoms with Gasteiger partial charge in [-0.25, -0.2) is 0 Å². The van der Waals surface area contributed by atoms with Crippen LogP contribution in [0.2, 0.25) is 0 Å². The maximum atomic E-state index is 13.2. The fourth-order valence-corrected chi connectivity index (χ4v) is 3.86. The van der Waals surface area contributed by atoms with Gasteiger partial charge in [0.2, 0.25) is 17.5 Å². The SMILES string of the molecule is Cc1ccc(CNC(=O)[C@H](CCCCNC(=O)C(C#N)=NC(C)(C)C)NC(=O)[C@@H](NC(=O)c2cc(C)on2)[C@@H](C)O)cc1. The molecule has 0 aliphatic rings. The van der Waals surface area contributed by atoms with E-state index in [0.29, 0.717) is 18.6 Å². The number of aliphatic hydroxyl groups is 1. The predicted molar refractivity (Wildman–Crippen MR) is 159 cm³/mol. The fraction of sp³-hybridized carbons (Fsp3) is 0.500. The zero-order valence-corrected chi connectivity index (χ0v) is 25.5. The van der Waals surface area contributed by atoms with Crippen molar-refractivity contribution in [2.24, 2.45) is 4.99 Å². The van der Waals surface area contributed by atoms with E-state index in [2.05, 4.69) is 31.4 Å². The zero-order valence-electron chi connectivity index (χ0n) is 25.5. The molecule has 0 unspecified atom stereocenters. The Hall–Kier alpha value is -4.57. The quantitative estimate of drug-likeness (QED) is 0.160. The highest BCUT2D eigenvalue weighted by Crippen LogP contribution is 2.09. The lowest BCUT2D eigenvalue weighted by molar-refractivity contribution is -0.131. The molecule has 0 aliphatic heterocycles. The molecule has 0 spiro atoms. The van der Waals surface area contributed by atoms with Gasteiger partial charge in [0.1, 0.15) is 23.9 Å². The summed E-state index contributed by atoms with van der Waals surface area (Å²) < 4.78 is 4.90. The molecule has 13 heteroatoms. The summed E-state index contributed by atoms with van der Waals surface area (Å²) in [5.74, 6) is -2.12. The van der Waals surface area contributed by atoms with E-state index in [1.54, 1.807) is 27.7 Å². The number of rotatable bonds is 14. The van der Waals surface area contributed by atoms with Crippen molar-refractivity contribution in [1.82, 2.24) is 26.4 Å². The van der Waals surface area contributed by atoms with Gasteiger partial charge in [0.25, 0.3) is 11.8 Å². The molecule has 0 saturated heterocycles. The first kappa shape index (κ1) is 34.6. The van der Waals surface area contributed by atoms with Gasteiger partial charge in [-0.3, -0.25) is 24.2 Å². The maximum Gasteiger partial charge on any atom is 0.280 e. The van der Waals surface area contributed by atoms with Gasteiger partial charge < -0.3 is 30.9 Å². The number of nitrogens with one attached hydrogen (secondary N) is 4. The minimum absolute atomic E-state index is 0.0579. The zero-order chi connectivity index (χ0) is 32.2. The van der Waals surface area contributed by atoms with E-state index in [9.17, 15) is 29.5 Å². The summed E-state index contributed by atoms with van der Waals surface area (Å²) in [4.78, 5) is 55.3. The van der Waals surface area contributed by atoms with Gasteiger partial charge in [0, 0.05) is 19.2 Å². The van der Waals surface area contributed by atoms with Gasteiger partial charge >= 0.3 is 0 Å². The third-order valence-electron chi connectivity index (χ3n) is 6.11. The Bertz CT molecular complexity index is 1340. The first-order valence-electron chi connectivity index (χ1n) is 14.0. The molecule has 13 nitrogen and oxygen atoms in total. The Balaban J connectivity index is 2.06. The number of carbonyl (C=O) groups excluding carboxylic acids is 4. The molecule has 3 atom stereocenters. The van der Waals surface area contributed by atoms with Crippen LogP contribution in [0.25, 0.3) is 0 Å². The number of aliphatic hydroxyl groups excluding tert-OH is 1. The maximum absolute atomic E-state index is 13.2. The van der Waals surface area contributed by atoms with Gasteiger partial charge in [-0.15, -0.1) is 0 Å². The van der Waals surface area contributed by atoms with Gasteiger partial charge in [-0.2, -0.15) is 5.26 Å². The van der Waals surface area contributed by atoms with Crippen LogP contribution in [0.4, 0.5) is 0 Å². The Morgan fingerprint density at radius 1 is 1.05 bits per heavy atom. The van der Waals surface area contributed by atoms with Crippen LogP contribution in [-0.2, 0) is 20.9 Å². The molecule has 0 radical (unpaired) electrons. The minimum Gasteiger partial charge on any atom is -0.391 e. The summed E-state index contributed by atoms with van der Waals surface area (Å²) in [6.45, 7) is 10.7. The monoisotopic (exact) mass is 595 g/mol. The van der Waals surface area contributed by atoms with E-state index in [0.717, 1.165) is 11.1 Å². The highest BCUT2D eigenvalue weighted by atomic mass is 16.5. The summed E-state index contributed by atoms with van der Waals surface area (Å²) in [5.41, 5.74) is 1.08. The van der Waals surface area contributed by atoms with Crippen molar-refractivity contribution >= 4 is 29.3 Å². The lowest BCUT2D eigenvalue weighted by Gasteiger charge is -2.24. The first-order valence-corrected chi connectivity index (χ1v) is 14.0. The van der Waals surface area contributed by atoms with Gasteiger partial charge in [-0.1, -0.05) is 35.0 Å². The summed E-state index contributed by atoms with van der Waals surface area (Å²) in [6, 6.07) is 8.43. The highest BCUT2D eigenvalue weighted by molar-refractivity contribution is 6.45. The van der Waals surface area contributed by atoms with Crippen LogP contribution in [0.1, 0.15) is 74.3 Å². The van der Waals surface area contributed by atoms with Crippen molar-refractivity contribution < 1.29 is 28.8 Å². The Labute approximate surface area is 251 Å². The van der Waals surface area contributed by atoms with Crippen LogP contribution in [0.15, 0.2) is 39.8 Å². The lowest BCUT2D eigenvalue weighted by Crippen LogP contribution is -2.57. The summed E-state index contributed by atoms with van der Waals surface area (Å²) in [5, 5.41) is 33.7. The Kier molecular flexibility index (Phi) is 13.0. The number of aliphatic imine (C=N–C) groups is 1. The second kappa shape index (κ2) is 16.2. The van der Waals surface area contributed by atoms with Crippen LogP contribution in [0.3, 0.4) is 0 Å². The first-order chi connectivity index (χ1) is 20.2. The van der Waals surface area contributed by atoms with Crippen molar-refractivity contribution in [3.63, 3.8) is 0 Å². The van der Waals surface area contributed by atoms with Crippen LogP contribution in [0.5, 0.6) is 0 Å². The number of hydrogen-bond donors (Lipinski definition) is 5. The molecule has 1 heterocycles. The third kappa shape index (κ3) is 12.1. The molecule has 4 amide bonds. The molecule has 2 aromatic rings. The minimum atomic E-state index is -1.37. The normalized spacial score (nSPS) is 13.7. The van der Waals surface area contributed by atoms with Crippen molar-refractivity contribution in [3.05, 3.63) is 52.9 Å². The largest absolute Gasteiger partial charge is 0.391 e. The summed E-state index contributed by atoms with van der Waals surface area (Å²) in [7, 11) is 0. The molecule has 0 aliphatic carbocycles. The second-order valence-corrected chi connectivity index (χ2v) is 11.3. The van der Waals surface area contributed by atoms with Crippen LogP contribution in [0, 0.1) is 25.2 Å². The highest BCUT2D eigenvalue weighted by Gasteiger charge is 2.30. The molecular weight excluding hydrogens is 554 g/mol. The number of unbranched alkanes of at least 4 members (excludes halogenated alkanes) is 1. The molecule has 5 N–H and O–H groups in total. The second-order valence-electron chi connectivity index (χ2n) is 11.3. The van der Waals surface area contributed by atoms with E-state index in [1.165, 1.54) is 13.0 Å². The average Bonchev–Trinajstić information content (AvgIpc) is 3.38. The number of aryl methyl sites for hydroxylation is 2. The van der Waals surface area contributed by atoms with Crippen LogP contribution in [-0.4, -0.2) is 69.9 Å². The molecule has 0 fully saturated rings. The number of hydrogen-bond acceptors (Lipinski definition) is 9. The van der Waals surface area contributed by atoms with Crippen molar-refractivity contribution in [1.29, 1.82) is 5.26 Å². The number of carbonyl (C=O) groups is 4. The van der Waals surface area contributed by atoms with Crippen molar-refractivity contribution in [2.75, 3.05) is 6.54 Å². The smallest absolute Gasteiger partial charge is 0.280 e. The topological polar surface area (TPSA) is 199 Å². The van der Waals surface area contributed by atoms with Crippen LogP contribution < -0.4 is 21.3 Å². The Morgan fingerprint density at radius 3 is 2.28 bits per heavy atom. The number of aromatic nitrogens is 1. The number of amides is 4. The third-order valence-corrected chi connectivity index (χ3v) is 6.11. The van der Waals surface area contributed by atoms with E-state index in [1.807, 2.05) is 37.3 Å². The van der Waals surface area contributed by atoms with Crippen LogP contribution >= 0.6 is 0 Å². The average molecular weight is 596 g/mol. The fourth-order valence-electron chi connectivity index (χ4n) is 3.86. The predicted octanol–water partition coefficient (Wildman–Crippen LogP) is 1.62. The molecule has 43 heavy (non-hydrogen) atoms. The van der Waals surface area contributed by atoms with E-state index < -0.39 is 47.4 Å². The summed E-state index contributed by atoms with van der Waals surface area (Å²) >= 11 is 0. The number of nitrogens with zero attached hydrogens (tertiary/aromatic N) is 3. The van der Waals surface area contributed by atoms with Crippen molar-refractivity contribution in [3.8, 4) is 6.07 Å². The van der Waals surface area contributed by atoms with E-state index in [4.69, 9.17) is 4.52 Å². The van der Waals surface area contributed by atoms with Gasteiger partial charge in [0.05, 0.1) is 11.6 Å². The van der Waals surface area contributed by atoms with E-state index in [-0.39, 0.29) is 30.9 Å². The van der Waals surface area contributed by atoms with Crippen molar-refractivity contribution in [2.45, 2.75) is 91.1 Å². The molecule has 232 valence electrons. The van der Waals surface area contributed by atoms with E-state index >= 15 is 0 Å². The standard InChI is InChI=1S/C30H41N7O6/c1-18-10-12-21(13-11-18)17-33-26(39)22(9-7-8-14-32-27(40)24(16-31)36-30(4,5)6)34-29(42)25(20(3)38)35-28(41)23-15-19(2)43-37-23/h10-13,15,20,22,25,38H,7-9,14,17H2,1-6H3,(H,32,40)(H,33,39)(H,34,42)(H,35,41)/t20-,22+,25+/m1/s1. The number of nitriles is 1. The van der Waals surface area contributed by atoms with Gasteiger partial charge in [0.15, 0.2) is 5.69 Å². The molecule has 1 aromatic heterocycles. The molecular formula is C30H41N7O6. The molecule has 0 bridgehead atoms.